The van der Waals surface area contributed by atoms with E-state index < -0.39 is 0 Å². The Morgan fingerprint density at radius 2 is 2.00 bits per heavy atom. The molecule has 1 aromatic carbocycles. The average Bonchev–Trinajstić information content (AvgIpc) is 3.29. The van der Waals surface area contributed by atoms with Crippen molar-refractivity contribution in [1.82, 2.24) is 19.5 Å². The highest BCUT2D eigenvalue weighted by molar-refractivity contribution is 5.70. The van der Waals surface area contributed by atoms with Crippen LogP contribution in [0, 0.1) is 6.92 Å². The topological polar surface area (TPSA) is 72.8 Å². The highest BCUT2D eigenvalue weighted by Gasteiger charge is 2.23. The number of benzene rings is 1. The Bertz CT molecular complexity index is 983. The Morgan fingerprint density at radius 3 is 2.73 bits per heavy atom. The molecule has 26 heavy (non-hydrogen) atoms. The summed E-state index contributed by atoms with van der Waals surface area (Å²) in [7, 11) is 0. The SMILES string of the molecule is CCCn1c(Oc2ccccc2C)nc2nc(C3CCCC3)[nH]c2c1=O. The van der Waals surface area contributed by atoms with E-state index in [-0.39, 0.29) is 5.56 Å². The van der Waals surface area contributed by atoms with Crippen LogP contribution in [0.2, 0.25) is 0 Å². The zero-order valence-corrected chi connectivity index (χ0v) is 15.3. The van der Waals surface area contributed by atoms with Crippen molar-refractivity contribution in [1.29, 1.82) is 0 Å². The number of nitrogens with one attached hydrogen (secondary N) is 1. The van der Waals surface area contributed by atoms with Gasteiger partial charge >= 0.3 is 6.01 Å². The predicted molar refractivity (Wildman–Crippen MR) is 101 cm³/mol. The van der Waals surface area contributed by atoms with Crippen LogP contribution in [0.3, 0.4) is 0 Å². The molecule has 0 unspecified atom stereocenters. The molecule has 0 spiro atoms. The van der Waals surface area contributed by atoms with Gasteiger partial charge in [-0.2, -0.15) is 4.98 Å². The van der Waals surface area contributed by atoms with Gasteiger partial charge in [-0.3, -0.25) is 9.36 Å². The van der Waals surface area contributed by atoms with Crippen molar-refractivity contribution in [2.24, 2.45) is 0 Å². The van der Waals surface area contributed by atoms with E-state index in [4.69, 9.17) is 4.74 Å². The Balaban J connectivity index is 1.81. The number of fused-ring (bicyclic) bond motifs is 1. The molecule has 2 heterocycles. The quantitative estimate of drug-likeness (QED) is 0.743. The second-order valence-corrected chi connectivity index (χ2v) is 7.02. The van der Waals surface area contributed by atoms with E-state index in [1.807, 2.05) is 38.1 Å². The first kappa shape index (κ1) is 16.8. The van der Waals surface area contributed by atoms with E-state index in [0.717, 1.165) is 30.7 Å². The number of hydrogen-bond acceptors (Lipinski definition) is 4. The molecule has 0 amide bonds. The van der Waals surface area contributed by atoms with Gasteiger partial charge in [0.1, 0.15) is 11.6 Å². The minimum Gasteiger partial charge on any atom is -0.425 e. The standard InChI is InChI=1S/C20H24N4O2/c1-3-12-24-19(25)16-18(22-17(21-16)14-9-5-6-10-14)23-20(24)26-15-11-7-4-8-13(15)2/h4,7-8,11,14H,3,5-6,9-10,12H2,1-2H3,(H,21,22). The van der Waals surface area contributed by atoms with Crippen molar-refractivity contribution in [3.63, 3.8) is 0 Å². The first-order chi connectivity index (χ1) is 12.7. The monoisotopic (exact) mass is 352 g/mol. The molecular weight excluding hydrogens is 328 g/mol. The lowest BCUT2D eigenvalue weighted by Crippen LogP contribution is -2.23. The summed E-state index contributed by atoms with van der Waals surface area (Å²) in [4.78, 5) is 25.5. The Morgan fingerprint density at radius 1 is 1.23 bits per heavy atom. The molecule has 0 atom stereocenters. The third-order valence-electron chi connectivity index (χ3n) is 5.08. The Labute approximate surface area is 152 Å². The van der Waals surface area contributed by atoms with Crippen LogP contribution < -0.4 is 10.3 Å². The van der Waals surface area contributed by atoms with Gasteiger partial charge in [-0.25, -0.2) is 4.98 Å². The number of nitrogens with zero attached hydrogens (tertiary/aromatic N) is 3. The fourth-order valence-corrected chi connectivity index (χ4v) is 3.65. The molecule has 1 aliphatic carbocycles. The first-order valence-electron chi connectivity index (χ1n) is 9.41. The molecule has 1 N–H and O–H groups in total. The van der Waals surface area contributed by atoms with Gasteiger partial charge in [0, 0.05) is 12.5 Å². The number of ether oxygens (including phenoxy) is 1. The van der Waals surface area contributed by atoms with E-state index in [1.165, 1.54) is 12.8 Å². The molecule has 3 aromatic rings. The normalized spacial score (nSPS) is 15.0. The molecule has 1 aliphatic rings. The molecule has 136 valence electrons. The molecule has 0 radical (unpaired) electrons. The van der Waals surface area contributed by atoms with Gasteiger partial charge in [0.15, 0.2) is 11.2 Å². The second kappa shape index (κ2) is 6.94. The van der Waals surface area contributed by atoms with E-state index in [9.17, 15) is 4.79 Å². The van der Waals surface area contributed by atoms with Gasteiger partial charge in [0.25, 0.3) is 5.56 Å². The largest absolute Gasteiger partial charge is 0.425 e. The molecule has 0 aliphatic heterocycles. The molecule has 1 fully saturated rings. The van der Waals surface area contributed by atoms with Crippen LogP contribution in [0.4, 0.5) is 0 Å². The molecule has 6 nitrogen and oxygen atoms in total. The fraction of sp³-hybridized carbons (Fsp3) is 0.450. The summed E-state index contributed by atoms with van der Waals surface area (Å²) in [6.07, 6.45) is 5.50. The molecule has 2 aromatic heterocycles. The first-order valence-corrected chi connectivity index (χ1v) is 9.41. The lowest BCUT2D eigenvalue weighted by atomic mass is 10.1. The van der Waals surface area contributed by atoms with Gasteiger partial charge in [0.05, 0.1) is 0 Å². The van der Waals surface area contributed by atoms with E-state index in [0.29, 0.717) is 35.4 Å². The summed E-state index contributed by atoms with van der Waals surface area (Å²) in [5.74, 6) is 2.00. The summed E-state index contributed by atoms with van der Waals surface area (Å²) in [5, 5.41) is 0. The highest BCUT2D eigenvalue weighted by Crippen LogP contribution is 2.33. The van der Waals surface area contributed by atoms with Gasteiger partial charge in [-0.15, -0.1) is 0 Å². The molecule has 1 saturated carbocycles. The second-order valence-electron chi connectivity index (χ2n) is 7.02. The van der Waals surface area contributed by atoms with Crippen molar-refractivity contribution >= 4 is 11.2 Å². The summed E-state index contributed by atoms with van der Waals surface area (Å²) in [6.45, 7) is 4.56. The number of para-hydroxylation sites is 1. The minimum atomic E-state index is -0.114. The van der Waals surface area contributed by atoms with Crippen molar-refractivity contribution < 1.29 is 4.74 Å². The molecule has 0 saturated heterocycles. The number of aromatic nitrogens is 4. The van der Waals surface area contributed by atoms with Gasteiger partial charge < -0.3 is 9.72 Å². The zero-order valence-electron chi connectivity index (χ0n) is 15.3. The summed E-state index contributed by atoms with van der Waals surface area (Å²) >= 11 is 0. The molecule has 4 rings (SSSR count). The smallest absolute Gasteiger partial charge is 0.306 e. The minimum absolute atomic E-state index is 0.114. The maximum absolute atomic E-state index is 13.0. The summed E-state index contributed by atoms with van der Waals surface area (Å²) < 4.78 is 7.62. The molecule has 6 heteroatoms. The Hall–Kier alpha value is -2.63. The average molecular weight is 352 g/mol. The lowest BCUT2D eigenvalue weighted by molar-refractivity contribution is 0.396. The van der Waals surface area contributed by atoms with E-state index in [1.54, 1.807) is 4.57 Å². The van der Waals surface area contributed by atoms with Crippen molar-refractivity contribution in [3.8, 4) is 11.8 Å². The fourth-order valence-electron chi connectivity index (χ4n) is 3.65. The van der Waals surface area contributed by atoms with E-state index in [2.05, 4.69) is 15.0 Å². The zero-order chi connectivity index (χ0) is 18.1. The van der Waals surface area contributed by atoms with Gasteiger partial charge in [-0.05, 0) is 37.8 Å². The van der Waals surface area contributed by atoms with Gasteiger partial charge in [0.2, 0.25) is 0 Å². The van der Waals surface area contributed by atoms with Crippen molar-refractivity contribution in [2.45, 2.75) is 58.4 Å². The van der Waals surface area contributed by atoms with Gasteiger partial charge in [-0.1, -0.05) is 38.0 Å². The summed E-state index contributed by atoms with van der Waals surface area (Å²) in [6, 6.07) is 8.04. The number of hydrogen-bond donors (Lipinski definition) is 1. The maximum atomic E-state index is 13.0. The van der Waals surface area contributed by atoms with Crippen LogP contribution in [0.25, 0.3) is 11.2 Å². The van der Waals surface area contributed by atoms with E-state index >= 15 is 0 Å². The maximum Gasteiger partial charge on any atom is 0.306 e. The van der Waals surface area contributed by atoms with Crippen molar-refractivity contribution in [2.75, 3.05) is 0 Å². The van der Waals surface area contributed by atoms with Crippen LogP contribution in [0.15, 0.2) is 29.1 Å². The number of imidazole rings is 1. The van der Waals surface area contributed by atoms with Crippen LogP contribution >= 0.6 is 0 Å². The predicted octanol–water partition coefficient (Wildman–Crippen LogP) is 4.29. The highest BCUT2D eigenvalue weighted by atomic mass is 16.5. The number of rotatable bonds is 5. The lowest BCUT2D eigenvalue weighted by Gasteiger charge is -2.12. The Kier molecular flexibility index (Phi) is 4.49. The van der Waals surface area contributed by atoms with Crippen LogP contribution in [-0.4, -0.2) is 19.5 Å². The third-order valence-corrected chi connectivity index (χ3v) is 5.08. The van der Waals surface area contributed by atoms with Crippen LogP contribution in [0.5, 0.6) is 11.8 Å². The number of aryl methyl sites for hydroxylation is 1. The third kappa shape index (κ3) is 3.00. The molecule has 0 bridgehead atoms. The summed E-state index contributed by atoms with van der Waals surface area (Å²) in [5.41, 5.74) is 1.82. The van der Waals surface area contributed by atoms with Crippen molar-refractivity contribution in [3.05, 3.63) is 46.0 Å². The number of aromatic amines is 1. The van der Waals surface area contributed by atoms with Crippen LogP contribution in [0.1, 0.15) is 56.3 Å². The van der Waals surface area contributed by atoms with Crippen LogP contribution in [-0.2, 0) is 6.54 Å². The number of H-pyrrole nitrogens is 1. The molecular formula is C20H24N4O2.